The van der Waals surface area contributed by atoms with Crippen LogP contribution in [0.25, 0.3) is 10.9 Å². The number of hydrogen-bond acceptors (Lipinski definition) is 6. The molecule has 7 heteroatoms. The van der Waals surface area contributed by atoms with Crippen molar-refractivity contribution in [1.82, 2.24) is 14.5 Å². The molecule has 2 aliphatic heterocycles. The van der Waals surface area contributed by atoms with E-state index in [4.69, 9.17) is 4.74 Å². The first-order valence-electron chi connectivity index (χ1n) is 11.6. The van der Waals surface area contributed by atoms with Gasteiger partial charge in [-0.3, -0.25) is 19.1 Å². The lowest BCUT2D eigenvalue weighted by Crippen LogP contribution is -2.66. The molecule has 2 aliphatic rings. The van der Waals surface area contributed by atoms with Gasteiger partial charge in [-0.1, -0.05) is 12.1 Å². The first-order chi connectivity index (χ1) is 15.2. The lowest BCUT2D eigenvalue weighted by atomic mass is 9.66. The minimum absolute atomic E-state index is 0.0495. The number of ether oxygens (including phenoxy) is 1. The van der Waals surface area contributed by atoms with E-state index >= 15 is 0 Å². The molecule has 2 aromatic rings. The fourth-order valence-corrected chi connectivity index (χ4v) is 6.05. The average Bonchev–Trinajstić information content (AvgIpc) is 2.72. The van der Waals surface area contributed by atoms with E-state index in [9.17, 15) is 14.4 Å². The van der Waals surface area contributed by atoms with Gasteiger partial charge in [0.2, 0.25) is 0 Å². The number of benzene rings is 1. The van der Waals surface area contributed by atoms with Gasteiger partial charge < -0.3 is 9.53 Å². The summed E-state index contributed by atoms with van der Waals surface area (Å²) >= 11 is 0. The van der Waals surface area contributed by atoms with E-state index < -0.39 is 0 Å². The van der Waals surface area contributed by atoms with Crippen LogP contribution in [0, 0.1) is 11.8 Å². The van der Waals surface area contributed by atoms with E-state index in [1.165, 1.54) is 6.92 Å². The van der Waals surface area contributed by atoms with Gasteiger partial charge in [0.25, 0.3) is 5.56 Å². The largest absolute Gasteiger partial charge is 0.461 e. The smallest absolute Gasteiger partial charge is 0.302 e. The monoisotopic (exact) mass is 439 g/mol. The van der Waals surface area contributed by atoms with E-state index in [1.807, 2.05) is 24.3 Å². The number of fused-ring (bicyclic) bond motifs is 2. The topological polar surface area (TPSA) is 81.5 Å². The summed E-state index contributed by atoms with van der Waals surface area (Å²) in [5.74, 6) is 0.0689. The van der Waals surface area contributed by atoms with E-state index in [0.717, 1.165) is 25.8 Å². The summed E-state index contributed by atoms with van der Waals surface area (Å²) in [5, 5.41) is 0.609. The van der Waals surface area contributed by atoms with E-state index in [1.54, 1.807) is 17.8 Å². The average molecular weight is 440 g/mol. The van der Waals surface area contributed by atoms with Crippen molar-refractivity contribution in [3.63, 3.8) is 0 Å². The number of carbonyl (C=O) groups excluding carboxylic acids is 2. The number of carbonyl (C=O) groups is 2. The zero-order valence-electron chi connectivity index (χ0n) is 19.4. The number of esters is 1. The predicted molar refractivity (Wildman–Crippen MR) is 122 cm³/mol. The molecule has 0 bridgehead atoms. The number of rotatable bonds is 5. The molecule has 4 rings (SSSR count). The fraction of sp³-hybridized carbons (Fsp3) is 0.600. The molecule has 0 unspecified atom stereocenters. The second-order valence-corrected chi connectivity index (χ2v) is 9.93. The number of para-hydroxylation sites is 1. The molecule has 0 spiro atoms. The minimum atomic E-state index is -0.271. The number of ketones is 1. The molecule has 0 amide bonds. The predicted octanol–water partition coefficient (Wildman–Crippen LogP) is 3.19. The summed E-state index contributed by atoms with van der Waals surface area (Å²) in [6, 6.07) is 7.48. The summed E-state index contributed by atoms with van der Waals surface area (Å²) in [4.78, 5) is 44.0. The Balaban J connectivity index is 1.70. The van der Waals surface area contributed by atoms with Crippen molar-refractivity contribution >= 4 is 22.7 Å². The Hall–Kier alpha value is -2.54. The Morgan fingerprint density at radius 3 is 2.69 bits per heavy atom. The van der Waals surface area contributed by atoms with Gasteiger partial charge in [-0.2, -0.15) is 0 Å². The molecule has 1 aromatic heterocycles. The lowest BCUT2D eigenvalue weighted by molar-refractivity contribution is -0.167. The van der Waals surface area contributed by atoms with Crippen LogP contribution in [0.1, 0.15) is 53.4 Å². The molecular formula is C25H33N3O4. The molecular weight excluding hydrogens is 406 g/mol. The molecule has 0 N–H and O–H groups in total. The van der Waals surface area contributed by atoms with Crippen molar-refractivity contribution in [2.75, 3.05) is 6.54 Å². The number of Topliss-reactive ketones (excluding diaryl/α,β-unsaturated/α-hetero) is 1. The van der Waals surface area contributed by atoms with Crippen molar-refractivity contribution in [3.05, 3.63) is 40.9 Å². The SMILES string of the molecule is CC(=O)C[C@@H]1C[C@H]2[C@@H](OC(C)=O)CCCN2C(C)(C)[C@@H]1Cn1cnc2ccccc2c1=O. The molecule has 1 aromatic carbocycles. The van der Waals surface area contributed by atoms with Crippen molar-refractivity contribution in [2.24, 2.45) is 11.8 Å². The van der Waals surface area contributed by atoms with Gasteiger partial charge in [-0.25, -0.2) is 4.98 Å². The highest BCUT2D eigenvalue weighted by atomic mass is 16.5. The summed E-state index contributed by atoms with van der Waals surface area (Å²) < 4.78 is 7.40. The highest BCUT2D eigenvalue weighted by molar-refractivity contribution is 5.77. The number of piperidine rings is 2. The van der Waals surface area contributed by atoms with Gasteiger partial charge >= 0.3 is 5.97 Å². The van der Waals surface area contributed by atoms with Crippen LogP contribution in [0.3, 0.4) is 0 Å². The van der Waals surface area contributed by atoms with E-state index in [-0.39, 0.29) is 46.8 Å². The van der Waals surface area contributed by atoms with Gasteiger partial charge in [0.1, 0.15) is 11.9 Å². The number of aromatic nitrogens is 2. The third kappa shape index (κ3) is 4.22. The van der Waals surface area contributed by atoms with Gasteiger partial charge in [0.05, 0.1) is 17.2 Å². The van der Waals surface area contributed by atoms with Crippen LogP contribution in [-0.2, 0) is 20.9 Å². The number of nitrogens with zero attached hydrogens (tertiary/aromatic N) is 3. The van der Waals surface area contributed by atoms with Crippen LogP contribution in [0.5, 0.6) is 0 Å². The first kappa shape index (κ1) is 22.6. The fourth-order valence-electron chi connectivity index (χ4n) is 6.05. The normalized spacial score (nSPS) is 27.6. The Morgan fingerprint density at radius 2 is 1.97 bits per heavy atom. The number of hydrogen-bond donors (Lipinski definition) is 0. The molecule has 4 atom stereocenters. The Morgan fingerprint density at radius 1 is 1.22 bits per heavy atom. The maximum absolute atomic E-state index is 13.2. The van der Waals surface area contributed by atoms with Crippen LogP contribution in [0.15, 0.2) is 35.4 Å². The van der Waals surface area contributed by atoms with Gasteiger partial charge in [0, 0.05) is 31.5 Å². The lowest BCUT2D eigenvalue weighted by Gasteiger charge is -2.58. The Kier molecular flexibility index (Phi) is 6.21. The first-order valence-corrected chi connectivity index (χ1v) is 11.6. The molecule has 3 heterocycles. The Bertz CT molecular complexity index is 1080. The third-order valence-electron chi connectivity index (χ3n) is 7.47. The molecule has 7 nitrogen and oxygen atoms in total. The zero-order valence-corrected chi connectivity index (χ0v) is 19.4. The highest BCUT2D eigenvalue weighted by Crippen LogP contribution is 2.46. The maximum atomic E-state index is 13.2. The van der Waals surface area contributed by atoms with Gasteiger partial charge in [0.15, 0.2) is 0 Å². The van der Waals surface area contributed by atoms with Gasteiger partial charge in [-0.15, -0.1) is 0 Å². The van der Waals surface area contributed by atoms with Crippen LogP contribution in [0.2, 0.25) is 0 Å². The summed E-state index contributed by atoms with van der Waals surface area (Å²) in [6.07, 6.45) is 4.53. The van der Waals surface area contributed by atoms with Crippen LogP contribution in [0.4, 0.5) is 0 Å². The second kappa shape index (κ2) is 8.77. The van der Waals surface area contributed by atoms with Crippen LogP contribution >= 0.6 is 0 Å². The third-order valence-corrected chi connectivity index (χ3v) is 7.47. The summed E-state index contributed by atoms with van der Waals surface area (Å²) in [6.45, 7) is 8.92. The van der Waals surface area contributed by atoms with Crippen LogP contribution < -0.4 is 5.56 Å². The minimum Gasteiger partial charge on any atom is -0.461 e. The van der Waals surface area contributed by atoms with Crippen molar-refractivity contribution in [1.29, 1.82) is 0 Å². The summed E-state index contributed by atoms with van der Waals surface area (Å²) in [5.41, 5.74) is 0.372. The van der Waals surface area contributed by atoms with Gasteiger partial charge in [-0.05, 0) is 70.5 Å². The molecule has 0 radical (unpaired) electrons. The standard InChI is InChI=1S/C25H33N3O4/c1-16(29)12-18-13-22-23(32-17(2)30)10-7-11-28(22)25(3,4)20(18)14-27-15-26-21-9-6-5-8-19(21)24(27)31/h5-6,8-9,15,18,20,22-23H,7,10-14H2,1-4H3/t18-,20-,22+,23+/m1/s1. The second-order valence-electron chi connectivity index (χ2n) is 9.93. The zero-order chi connectivity index (χ0) is 23.0. The van der Waals surface area contributed by atoms with Crippen molar-refractivity contribution < 1.29 is 14.3 Å². The van der Waals surface area contributed by atoms with Crippen molar-refractivity contribution in [2.45, 2.75) is 77.6 Å². The van der Waals surface area contributed by atoms with Crippen molar-refractivity contribution in [3.8, 4) is 0 Å². The Labute approximate surface area is 188 Å². The maximum Gasteiger partial charge on any atom is 0.302 e. The van der Waals surface area contributed by atoms with E-state index in [2.05, 4.69) is 23.7 Å². The molecule has 172 valence electrons. The van der Waals surface area contributed by atoms with Crippen LogP contribution in [-0.4, -0.2) is 50.4 Å². The quantitative estimate of drug-likeness (QED) is 0.666. The molecule has 0 aliphatic carbocycles. The molecule has 32 heavy (non-hydrogen) atoms. The molecule has 2 fully saturated rings. The summed E-state index contributed by atoms with van der Waals surface area (Å²) in [7, 11) is 0. The molecule has 0 saturated carbocycles. The van der Waals surface area contributed by atoms with E-state index in [0.29, 0.717) is 23.9 Å². The molecule has 2 saturated heterocycles. The highest BCUT2D eigenvalue weighted by Gasteiger charge is 2.52.